The van der Waals surface area contributed by atoms with E-state index in [1.807, 2.05) is 24.8 Å². The van der Waals surface area contributed by atoms with Gasteiger partial charge in [0, 0.05) is 69.2 Å². The summed E-state index contributed by atoms with van der Waals surface area (Å²) in [6.45, 7) is 9.78. The summed E-state index contributed by atoms with van der Waals surface area (Å²) in [5, 5.41) is 4.21. The molecule has 4 rings (SSSR count). The third-order valence-electron chi connectivity index (χ3n) is 6.32. The predicted octanol–water partition coefficient (Wildman–Crippen LogP) is 2.22. The molecule has 0 aliphatic carbocycles. The highest BCUT2D eigenvalue weighted by atomic mass is 32.2. The van der Waals surface area contributed by atoms with Crippen molar-refractivity contribution in [3.63, 3.8) is 0 Å². The number of carbonyl (C=O) groups excluding carboxylic acids is 1. The Morgan fingerprint density at radius 3 is 2.41 bits per heavy atom. The molecule has 0 N–H and O–H groups in total. The van der Waals surface area contributed by atoms with E-state index in [4.69, 9.17) is 0 Å². The van der Waals surface area contributed by atoms with Crippen molar-refractivity contribution in [2.75, 3.05) is 55.7 Å². The van der Waals surface area contributed by atoms with E-state index in [-0.39, 0.29) is 16.5 Å². The fourth-order valence-corrected chi connectivity index (χ4v) is 6.63. The van der Waals surface area contributed by atoms with Crippen molar-refractivity contribution in [1.29, 1.82) is 0 Å². The number of rotatable bonds is 5. The molecule has 0 atom stereocenters. The van der Waals surface area contributed by atoms with Gasteiger partial charge >= 0.3 is 0 Å². The SMILES string of the molecule is CCn1cc(C(=O)N2CCSCC2)c(S(=O)(=O)N2CCN(c3cccc(C)c3C)CC2)n1. The lowest BCUT2D eigenvalue weighted by Crippen LogP contribution is -2.49. The molecular weight excluding hydrogens is 446 g/mol. The number of benzene rings is 1. The highest BCUT2D eigenvalue weighted by molar-refractivity contribution is 7.99. The number of hydrogen-bond donors (Lipinski definition) is 0. The second-order valence-corrected chi connectivity index (χ2v) is 11.3. The Morgan fingerprint density at radius 2 is 1.75 bits per heavy atom. The number of amides is 1. The Bertz CT molecular complexity index is 1080. The normalized spacial score (nSPS) is 18.2. The molecule has 2 aliphatic rings. The largest absolute Gasteiger partial charge is 0.369 e. The van der Waals surface area contributed by atoms with Crippen LogP contribution < -0.4 is 4.90 Å². The number of aromatic nitrogens is 2. The molecule has 0 radical (unpaired) electrons. The Labute approximate surface area is 194 Å². The summed E-state index contributed by atoms with van der Waals surface area (Å²) < 4.78 is 30.1. The smallest absolute Gasteiger partial charge is 0.263 e. The first-order valence-electron chi connectivity index (χ1n) is 11.1. The van der Waals surface area contributed by atoms with Gasteiger partial charge in [-0.1, -0.05) is 12.1 Å². The van der Waals surface area contributed by atoms with E-state index in [0.29, 0.717) is 45.8 Å². The van der Waals surface area contributed by atoms with E-state index in [1.54, 1.807) is 15.8 Å². The molecule has 1 aromatic heterocycles. The van der Waals surface area contributed by atoms with Crippen molar-refractivity contribution < 1.29 is 13.2 Å². The van der Waals surface area contributed by atoms with Crippen molar-refractivity contribution >= 4 is 33.4 Å². The monoisotopic (exact) mass is 477 g/mol. The third-order valence-corrected chi connectivity index (χ3v) is 9.10. The number of aryl methyl sites for hydroxylation is 2. The van der Waals surface area contributed by atoms with Gasteiger partial charge in [0.15, 0.2) is 0 Å². The Kier molecular flexibility index (Phi) is 6.83. The number of anilines is 1. The minimum absolute atomic E-state index is 0.109. The Morgan fingerprint density at radius 1 is 1.06 bits per heavy atom. The van der Waals surface area contributed by atoms with Gasteiger partial charge in [-0.2, -0.15) is 21.2 Å². The first kappa shape index (κ1) is 23.1. The van der Waals surface area contributed by atoms with Crippen molar-refractivity contribution in [3.05, 3.63) is 41.1 Å². The molecule has 2 aliphatic heterocycles. The first-order chi connectivity index (χ1) is 15.3. The summed E-state index contributed by atoms with van der Waals surface area (Å²) in [7, 11) is -3.87. The average Bonchev–Trinajstić information content (AvgIpc) is 3.27. The van der Waals surface area contributed by atoms with Gasteiger partial charge in [0.2, 0.25) is 5.03 Å². The molecule has 8 nitrogen and oxygen atoms in total. The van der Waals surface area contributed by atoms with E-state index >= 15 is 0 Å². The zero-order valence-electron chi connectivity index (χ0n) is 19.0. The van der Waals surface area contributed by atoms with E-state index in [2.05, 4.69) is 36.0 Å². The van der Waals surface area contributed by atoms with Gasteiger partial charge in [-0.15, -0.1) is 0 Å². The molecule has 0 spiro atoms. The molecule has 10 heteroatoms. The molecule has 32 heavy (non-hydrogen) atoms. The molecule has 1 amide bonds. The maximum absolute atomic E-state index is 13.5. The number of sulfonamides is 1. The van der Waals surface area contributed by atoms with E-state index in [1.165, 1.54) is 15.4 Å². The van der Waals surface area contributed by atoms with Crippen LogP contribution in [0.25, 0.3) is 0 Å². The highest BCUT2D eigenvalue weighted by Crippen LogP contribution is 2.27. The van der Waals surface area contributed by atoms with Crippen LogP contribution in [0.3, 0.4) is 0 Å². The van der Waals surface area contributed by atoms with Crippen LogP contribution >= 0.6 is 11.8 Å². The van der Waals surface area contributed by atoms with Crippen LogP contribution in [0.4, 0.5) is 5.69 Å². The van der Waals surface area contributed by atoms with E-state index in [0.717, 1.165) is 17.2 Å². The molecule has 2 saturated heterocycles. The lowest BCUT2D eigenvalue weighted by atomic mass is 10.1. The Hall–Kier alpha value is -2.04. The van der Waals surface area contributed by atoms with Crippen LogP contribution in [0.15, 0.2) is 29.4 Å². The van der Waals surface area contributed by atoms with Crippen molar-refractivity contribution in [1.82, 2.24) is 19.0 Å². The summed E-state index contributed by atoms with van der Waals surface area (Å²) in [6.07, 6.45) is 1.59. The lowest BCUT2D eigenvalue weighted by molar-refractivity contribution is 0.0768. The quantitative estimate of drug-likeness (QED) is 0.657. The van der Waals surface area contributed by atoms with Crippen LogP contribution in [0, 0.1) is 13.8 Å². The van der Waals surface area contributed by atoms with Crippen molar-refractivity contribution in [2.24, 2.45) is 0 Å². The second kappa shape index (κ2) is 9.44. The summed E-state index contributed by atoms with van der Waals surface area (Å²) in [6, 6.07) is 6.21. The van der Waals surface area contributed by atoms with Gasteiger partial charge in [0.05, 0.1) is 5.56 Å². The van der Waals surface area contributed by atoms with Crippen LogP contribution in [0.5, 0.6) is 0 Å². The molecule has 0 bridgehead atoms. The van der Waals surface area contributed by atoms with E-state index < -0.39 is 10.0 Å². The van der Waals surface area contributed by atoms with Crippen molar-refractivity contribution in [3.8, 4) is 0 Å². The molecule has 0 saturated carbocycles. The fourth-order valence-electron chi connectivity index (χ4n) is 4.21. The molecule has 3 heterocycles. The Balaban J connectivity index is 1.56. The fraction of sp³-hybridized carbons (Fsp3) is 0.545. The summed E-state index contributed by atoms with van der Waals surface area (Å²) in [4.78, 5) is 17.1. The highest BCUT2D eigenvalue weighted by Gasteiger charge is 2.36. The van der Waals surface area contributed by atoms with Gasteiger partial charge < -0.3 is 9.80 Å². The molecule has 2 aromatic rings. The van der Waals surface area contributed by atoms with Gasteiger partial charge in [0.25, 0.3) is 15.9 Å². The third kappa shape index (κ3) is 4.40. The van der Waals surface area contributed by atoms with Crippen LogP contribution in [-0.2, 0) is 16.6 Å². The van der Waals surface area contributed by atoms with Crippen LogP contribution in [0.1, 0.15) is 28.4 Å². The standard InChI is InChI=1S/C22H31N5O3S2/c1-4-26-16-19(22(28)25-12-14-31-15-13-25)21(23-26)32(29,30)27-10-8-24(9-11-27)20-7-5-6-17(2)18(20)3/h5-7,16H,4,8-15H2,1-3H3. The predicted molar refractivity (Wildman–Crippen MR) is 128 cm³/mol. The zero-order valence-corrected chi connectivity index (χ0v) is 20.6. The summed E-state index contributed by atoms with van der Waals surface area (Å²) in [5.41, 5.74) is 3.78. The summed E-state index contributed by atoms with van der Waals surface area (Å²) >= 11 is 1.81. The van der Waals surface area contributed by atoms with Crippen molar-refractivity contribution in [2.45, 2.75) is 32.3 Å². The van der Waals surface area contributed by atoms with Gasteiger partial charge in [-0.25, -0.2) is 8.42 Å². The first-order valence-corrected chi connectivity index (χ1v) is 13.7. The number of piperazine rings is 1. The molecular formula is C22H31N5O3S2. The average molecular weight is 478 g/mol. The van der Waals surface area contributed by atoms with Gasteiger partial charge in [-0.05, 0) is 38.0 Å². The molecule has 2 fully saturated rings. The summed E-state index contributed by atoms with van der Waals surface area (Å²) in [5.74, 6) is 1.50. The topological polar surface area (TPSA) is 78.8 Å². The number of hydrogen-bond acceptors (Lipinski definition) is 6. The minimum Gasteiger partial charge on any atom is -0.369 e. The number of thioether (sulfide) groups is 1. The molecule has 174 valence electrons. The number of nitrogens with zero attached hydrogens (tertiary/aromatic N) is 5. The minimum atomic E-state index is -3.87. The van der Waals surface area contributed by atoms with E-state index in [9.17, 15) is 13.2 Å². The van der Waals surface area contributed by atoms with Gasteiger partial charge in [0.1, 0.15) is 0 Å². The number of carbonyl (C=O) groups is 1. The lowest BCUT2D eigenvalue weighted by Gasteiger charge is -2.36. The maximum atomic E-state index is 13.5. The molecule has 1 aromatic carbocycles. The van der Waals surface area contributed by atoms with Gasteiger partial charge in [-0.3, -0.25) is 9.48 Å². The zero-order chi connectivity index (χ0) is 22.9. The molecule has 0 unspecified atom stereocenters. The second-order valence-electron chi connectivity index (χ2n) is 8.22. The van der Waals surface area contributed by atoms with Crippen LogP contribution in [-0.4, -0.2) is 84.1 Å². The maximum Gasteiger partial charge on any atom is 0.263 e. The van der Waals surface area contributed by atoms with Crippen LogP contribution in [0.2, 0.25) is 0 Å².